The molecule has 0 bridgehead atoms. The standard InChI is InChI=1S/C7H9NO/c1-3-6-4-7(8)9-5(6)2/h3-4H,1,8H2,2H3. The van der Waals surface area contributed by atoms with E-state index in [1.807, 2.05) is 6.92 Å². The van der Waals surface area contributed by atoms with E-state index in [1.165, 1.54) is 0 Å². The summed E-state index contributed by atoms with van der Waals surface area (Å²) >= 11 is 0. The lowest BCUT2D eigenvalue weighted by Crippen LogP contribution is -1.75. The Labute approximate surface area is 54.0 Å². The van der Waals surface area contributed by atoms with Crippen molar-refractivity contribution in [1.29, 1.82) is 0 Å². The lowest BCUT2D eigenvalue weighted by molar-refractivity contribution is 0.552. The lowest BCUT2D eigenvalue weighted by atomic mass is 10.3. The highest BCUT2D eigenvalue weighted by Gasteiger charge is 1.98. The highest BCUT2D eigenvalue weighted by molar-refractivity contribution is 5.53. The van der Waals surface area contributed by atoms with Gasteiger partial charge in [0.05, 0.1) is 0 Å². The molecular formula is C7H9NO. The number of furan rings is 1. The molecule has 0 amide bonds. The third-order valence-corrected chi connectivity index (χ3v) is 1.20. The van der Waals surface area contributed by atoms with Crippen molar-refractivity contribution < 1.29 is 4.42 Å². The summed E-state index contributed by atoms with van der Waals surface area (Å²) in [6.07, 6.45) is 1.72. The van der Waals surface area contributed by atoms with Crippen LogP contribution in [0, 0.1) is 6.92 Å². The highest BCUT2D eigenvalue weighted by Crippen LogP contribution is 2.16. The Balaban J connectivity index is 3.15. The number of anilines is 1. The van der Waals surface area contributed by atoms with Gasteiger partial charge in [0.15, 0.2) is 5.88 Å². The van der Waals surface area contributed by atoms with Crippen molar-refractivity contribution in [3.05, 3.63) is 24.0 Å². The van der Waals surface area contributed by atoms with Crippen LogP contribution in [0.3, 0.4) is 0 Å². The lowest BCUT2D eigenvalue weighted by Gasteiger charge is -1.81. The molecule has 9 heavy (non-hydrogen) atoms. The predicted octanol–water partition coefficient (Wildman–Crippen LogP) is 1.81. The molecule has 0 radical (unpaired) electrons. The summed E-state index contributed by atoms with van der Waals surface area (Å²) in [6, 6.07) is 1.75. The fourth-order valence-corrected chi connectivity index (χ4v) is 0.723. The molecule has 0 aliphatic carbocycles. The summed E-state index contributed by atoms with van der Waals surface area (Å²) in [5.41, 5.74) is 6.31. The third kappa shape index (κ3) is 0.964. The fourth-order valence-electron chi connectivity index (χ4n) is 0.723. The molecular weight excluding hydrogens is 114 g/mol. The van der Waals surface area contributed by atoms with Crippen LogP contribution in [-0.2, 0) is 0 Å². The van der Waals surface area contributed by atoms with Crippen molar-refractivity contribution in [2.45, 2.75) is 6.92 Å². The molecule has 2 N–H and O–H groups in total. The first-order valence-electron chi connectivity index (χ1n) is 2.72. The molecule has 0 spiro atoms. The molecule has 0 unspecified atom stereocenters. The molecule has 0 aliphatic heterocycles. The quantitative estimate of drug-likeness (QED) is 0.618. The Morgan fingerprint density at radius 2 is 2.44 bits per heavy atom. The molecule has 0 aliphatic rings. The van der Waals surface area contributed by atoms with Gasteiger partial charge in [-0.3, -0.25) is 0 Å². The second-order valence-electron chi connectivity index (χ2n) is 1.86. The molecule has 1 aromatic rings. The topological polar surface area (TPSA) is 39.2 Å². The second-order valence-corrected chi connectivity index (χ2v) is 1.86. The largest absolute Gasteiger partial charge is 0.446 e. The summed E-state index contributed by atoms with van der Waals surface area (Å²) in [4.78, 5) is 0. The van der Waals surface area contributed by atoms with Gasteiger partial charge >= 0.3 is 0 Å². The zero-order chi connectivity index (χ0) is 6.85. The van der Waals surface area contributed by atoms with Crippen molar-refractivity contribution in [1.82, 2.24) is 0 Å². The van der Waals surface area contributed by atoms with Crippen LogP contribution in [0.1, 0.15) is 11.3 Å². The van der Waals surface area contributed by atoms with E-state index < -0.39 is 0 Å². The average Bonchev–Trinajstić information content (AvgIpc) is 2.10. The molecule has 2 nitrogen and oxygen atoms in total. The van der Waals surface area contributed by atoms with Gasteiger partial charge in [-0.05, 0) is 6.92 Å². The summed E-state index contributed by atoms with van der Waals surface area (Å²) in [7, 11) is 0. The molecule has 0 atom stereocenters. The van der Waals surface area contributed by atoms with E-state index in [2.05, 4.69) is 6.58 Å². The maximum atomic E-state index is 5.34. The molecule has 0 aromatic carbocycles. The Morgan fingerprint density at radius 3 is 2.67 bits per heavy atom. The van der Waals surface area contributed by atoms with E-state index in [9.17, 15) is 0 Å². The van der Waals surface area contributed by atoms with Gasteiger partial charge in [0.1, 0.15) is 5.76 Å². The third-order valence-electron chi connectivity index (χ3n) is 1.20. The van der Waals surface area contributed by atoms with Crippen molar-refractivity contribution in [3.63, 3.8) is 0 Å². The van der Waals surface area contributed by atoms with Crippen molar-refractivity contribution in [3.8, 4) is 0 Å². The van der Waals surface area contributed by atoms with Gasteiger partial charge in [0.2, 0.25) is 0 Å². The minimum atomic E-state index is 0.447. The number of hydrogen-bond acceptors (Lipinski definition) is 2. The Hall–Kier alpha value is -1.18. The van der Waals surface area contributed by atoms with Crippen LogP contribution in [0.5, 0.6) is 0 Å². The first-order chi connectivity index (χ1) is 4.24. The molecule has 1 aromatic heterocycles. The predicted molar refractivity (Wildman–Crippen MR) is 37.9 cm³/mol. The molecule has 0 fully saturated rings. The van der Waals surface area contributed by atoms with Gasteiger partial charge in [-0.2, -0.15) is 0 Å². The molecule has 2 heteroatoms. The molecule has 0 saturated heterocycles. The van der Waals surface area contributed by atoms with Crippen LogP contribution in [0.4, 0.5) is 5.88 Å². The van der Waals surface area contributed by atoms with Crippen molar-refractivity contribution in [2.75, 3.05) is 5.73 Å². The second kappa shape index (κ2) is 1.97. The normalized spacial score (nSPS) is 9.44. The van der Waals surface area contributed by atoms with Crippen molar-refractivity contribution >= 4 is 12.0 Å². The van der Waals surface area contributed by atoms with E-state index in [-0.39, 0.29) is 0 Å². The molecule has 0 saturated carbocycles. The van der Waals surface area contributed by atoms with Gasteiger partial charge in [-0.15, -0.1) is 0 Å². The first kappa shape index (κ1) is 5.95. The van der Waals surface area contributed by atoms with E-state index in [0.29, 0.717) is 5.88 Å². The van der Waals surface area contributed by atoms with Crippen LogP contribution >= 0.6 is 0 Å². The minimum Gasteiger partial charge on any atom is -0.446 e. The number of nitrogen functional groups attached to an aromatic ring is 1. The van der Waals surface area contributed by atoms with E-state index in [4.69, 9.17) is 10.2 Å². The van der Waals surface area contributed by atoms with Crippen molar-refractivity contribution in [2.24, 2.45) is 0 Å². The van der Waals surface area contributed by atoms with Crippen LogP contribution in [0.25, 0.3) is 6.08 Å². The first-order valence-corrected chi connectivity index (χ1v) is 2.72. The van der Waals surface area contributed by atoms with Crippen LogP contribution in [0.2, 0.25) is 0 Å². The zero-order valence-electron chi connectivity index (χ0n) is 5.35. The highest BCUT2D eigenvalue weighted by atomic mass is 16.3. The van der Waals surface area contributed by atoms with Gasteiger partial charge < -0.3 is 10.2 Å². The summed E-state index contributed by atoms with van der Waals surface area (Å²) in [5.74, 6) is 1.27. The Bertz CT molecular complexity index is 225. The smallest absolute Gasteiger partial charge is 0.191 e. The monoisotopic (exact) mass is 123 g/mol. The van der Waals surface area contributed by atoms with Gasteiger partial charge in [0.25, 0.3) is 0 Å². The zero-order valence-corrected chi connectivity index (χ0v) is 5.35. The van der Waals surface area contributed by atoms with Crippen LogP contribution in [-0.4, -0.2) is 0 Å². The molecule has 1 rings (SSSR count). The summed E-state index contributed by atoms with van der Waals surface area (Å²) in [6.45, 7) is 5.44. The molecule has 48 valence electrons. The fraction of sp³-hybridized carbons (Fsp3) is 0.143. The number of hydrogen-bond donors (Lipinski definition) is 1. The maximum absolute atomic E-state index is 5.34. The number of rotatable bonds is 1. The molecule has 1 heterocycles. The summed E-state index contributed by atoms with van der Waals surface area (Å²) < 4.78 is 5.01. The van der Waals surface area contributed by atoms with Crippen LogP contribution in [0.15, 0.2) is 17.1 Å². The average molecular weight is 123 g/mol. The van der Waals surface area contributed by atoms with Gasteiger partial charge in [-0.25, -0.2) is 0 Å². The minimum absolute atomic E-state index is 0.447. The summed E-state index contributed by atoms with van der Waals surface area (Å²) in [5, 5.41) is 0. The van der Waals surface area contributed by atoms with Crippen LogP contribution < -0.4 is 5.73 Å². The Kier molecular flexibility index (Phi) is 1.30. The Morgan fingerprint density at radius 1 is 1.78 bits per heavy atom. The van der Waals surface area contributed by atoms with E-state index >= 15 is 0 Å². The van der Waals surface area contributed by atoms with E-state index in [0.717, 1.165) is 11.3 Å². The maximum Gasteiger partial charge on any atom is 0.191 e. The number of nitrogens with two attached hydrogens (primary N) is 1. The SMILES string of the molecule is C=Cc1cc(N)oc1C. The van der Waals surface area contributed by atoms with Gasteiger partial charge in [0, 0.05) is 11.6 Å². The van der Waals surface area contributed by atoms with E-state index in [1.54, 1.807) is 12.1 Å². The number of aryl methyl sites for hydroxylation is 1. The van der Waals surface area contributed by atoms with Gasteiger partial charge in [-0.1, -0.05) is 12.7 Å².